The van der Waals surface area contributed by atoms with E-state index < -0.39 is 0 Å². The molecule has 0 atom stereocenters. The average molecular weight is 249 g/mol. The summed E-state index contributed by atoms with van der Waals surface area (Å²) in [5.41, 5.74) is 2.78. The number of aliphatic hydroxyl groups is 1. The molecule has 2 heteroatoms. The minimum atomic E-state index is -0.0538. The number of aliphatic hydroxyl groups excluding tert-OH is 1. The van der Waals surface area contributed by atoms with Crippen LogP contribution in [-0.2, 0) is 5.41 Å². The highest BCUT2D eigenvalue weighted by atomic mass is 16.3. The van der Waals surface area contributed by atoms with Crippen LogP contribution >= 0.6 is 0 Å². The van der Waals surface area contributed by atoms with Crippen molar-refractivity contribution in [2.24, 2.45) is 5.41 Å². The normalized spacial score (nSPS) is 12.8. The van der Waals surface area contributed by atoms with E-state index in [0.29, 0.717) is 0 Å². The summed E-state index contributed by atoms with van der Waals surface area (Å²) in [6.45, 7) is 12.8. The van der Waals surface area contributed by atoms with Gasteiger partial charge in [-0.05, 0) is 18.1 Å². The molecule has 0 unspecified atom stereocenters. The van der Waals surface area contributed by atoms with Crippen molar-refractivity contribution < 1.29 is 5.11 Å². The molecule has 2 nitrogen and oxygen atoms in total. The number of nitrogens with one attached hydrogen (secondary N) is 1. The van der Waals surface area contributed by atoms with Crippen molar-refractivity contribution in [1.29, 1.82) is 0 Å². The topological polar surface area (TPSA) is 32.3 Å². The lowest BCUT2D eigenvalue weighted by Gasteiger charge is -2.30. The third-order valence-electron chi connectivity index (χ3n) is 3.47. The molecule has 1 aromatic rings. The zero-order chi connectivity index (χ0) is 13.8. The molecule has 0 bridgehead atoms. The van der Waals surface area contributed by atoms with Gasteiger partial charge in [-0.15, -0.1) is 0 Å². The van der Waals surface area contributed by atoms with Gasteiger partial charge in [0.2, 0.25) is 0 Å². The first-order valence-electron chi connectivity index (χ1n) is 6.66. The minimum Gasteiger partial charge on any atom is -0.396 e. The first-order valence-corrected chi connectivity index (χ1v) is 6.66. The van der Waals surface area contributed by atoms with E-state index in [-0.39, 0.29) is 17.4 Å². The van der Waals surface area contributed by atoms with Crippen molar-refractivity contribution in [1.82, 2.24) is 5.32 Å². The standard InChI is InChI=1S/C16H27NO/c1-13-8-6-7-9-14(13)16(4,5)11-17-10-15(2,3)12-18/h6-9,17-18H,10-12H2,1-5H3. The van der Waals surface area contributed by atoms with E-state index in [4.69, 9.17) is 0 Å². The first-order chi connectivity index (χ1) is 8.28. The minimum absolute atomic E-state index is 0.0538. The van der Waals surface area contributed by atoms with E-state index in [0.717, 1.165) is 13.1 Å². The van der Waals surface area contributed by atoms with E-state index in [1.165, 1.54) is 11.1 Å². The molecule has 0 aromatic heterocycles. The second-order valence-electron chi connectivity index (χ2n) is 6.62. The monoisotopic (exact) mass is 249 g/mol. The average Bonchev–Trinajstić information content (AvgIpc) is 2.29. The van der Waals surface area contributed by atoms with Crippen LogP contribution in [0.5, 0.6) is 0 Å². The molecule has 2 N–H and O–H groups in total. The Morgan fingerprint density at radius 2 is 1.67 bits per heavy atom. The zero-order valence-electron chi connectivity index (χ0n) is 12.4. The van der Waals surface area contributed by atoms with E-state index >= 15 is 0 Å². The zero-order valence-corrected chi connectivity index (χ0v) is 12.4. The second kappa shape index (κ2) is 5.85. The Morgan fingerprint density at radius 1 is 1.06 bits per heavy atom. The van der Waals surface area contributed by atoms with Crippen LogP contribution in [0.25, 0.3) is 0 Å². The summed E-state index contributed by atoms with van der Waals surface area (Å²) >= 11 is 0. The summed E-state index contributed by atoms with van der Waals surface area (Å²) in [5, 5.41) is 12.7. The van der Waals surface area contributed by atoms with Crippen molar-refractivity contribution in [2.45, 2.75) is 40.0 Å². The van der Waals surface area contributed by atoms with Crippen LogP contribution in [0.3, 0.4) is 0 Å². The van der Waals surface area contributed by atoms with E-state index in [2.05, 4.69) is 64.2 Å². The summed E-state index contributed by atoms with van der Waals surface area (Å²) in [7, 11) is 0. The predicted octanol–water partition coefficient (Wildman–Crippen LogP) is 2.88. The molecular formula is C16H27NO. The van der Waals surface area contributed by atoms with Gasteiger partial charge in [-0.1, -0.05) is 52.0 Å². The molecule has 0 aliphatic heterocycles. The molecule has 1 rings (SSSR count). The summed E-state index contributed by atoms with van der Waals surface area (Å²) < 4.78 is 0. The van der Waals surface area contributed by atoms with Crippen LogP contribution in [0.2, 0.25) is 0 Å². The van der Waals surface area contributed by atoms with Gasteiger partial charge in [0.15, 0.2) is 0 Å². The Morgan fingerprint density at radius 3 is 2.22 bits per heavy atom. The molecule has 0 fully saturated rings. The highest BCUT2D eigenvalue weighted by Gasteiger charge is 2.23. The Labute approximate surface area is 111 Å². The van der Waals surface area contributed by atoms with Gasteiger partial charge in [-0.25, -0.2) is 0 Å². The quantitative estimate of drug-likeness (QED) is 0.812. The molecule has 0 amide bonds. The maximum absolute atomic E-state index is 9.24. The van der Waals surface area contributed by atoms with Crippen LogP contribution in [0.15, 0.2) is 24.3 Å². The number of aryl methyl sites for hydroxylation is 1. The fourth-order valence-corrected chi connectivity index (χ4v) is 2.20. The van der Waals surface area contributed by atoms with Gasteiger partial charge in [-0.2, -0.15) is 0 Å². The fraction of sp³-hybridized carbons (Fsp3) is 0.625. The highest BCUT2D eigenvalue weighted by Crippen LogP contribution is 2.25. The lowest BCUT2D eigenvalue weighted by atomic mass is 9.81. The van der Waals surface area contributed by atoms with E-state index in [1.54, 1.807) is 0 Å². The summed E-state index contributed by atoms with van der Waals surface area (Å²) in [6, 6.07) is 8.54. The van der Waals surface area contributed by atoms with Gasteiger partial charge in [0.05, 0.1) is 0 Å². The molecule has 0 aliphatic carbocycles. The largest absolute Gasteiger partial charge is 0.396 e. The summed E-state index contributed by atoms with van der Waals surface area (Å²) in [4.78, 5) is 0. The van der Waals surface area contributed by atoms with Crippen LogP contribution in [0.1, 0.15) is 38.8 Å². The number of rotatable bonds is 6. The summed E-state index contributed by atoms with van der Waals surface area (Å²) in [6.07, 6.45) is 0. The third kappa shape index (κ3) is 4.11. The van der Waals surface area contributed by atoms with Crippen molar-refractivity contribution in [3.05, 3.63) is 35.4 Å². The first kappa shape index (κ1) is 15.2. The van der Waals surface area contributed by atoms with Gasteiger partial charge in [-0.3, -0.25) is 0 Å². The maximum atomic E-state index is 9.24. The van der Waals surface area contributed by atoms with Crippen LogP contribution in [0.4, 0.5) is 0 Å². The fourth-order valence-electron chi connectivity index (χ4n) is 2.20. The van der Waals surface area contributed by atoms with Crippen molar-refractivity contribution >= 4 is 0 Å². The van der Waals surface area contributed by atoms with Crippen LogP contribution in [0, 0.1) is 12.3 Å². The van der Waals surface area contributed by atoms with Crippen molar-refractivity contribution in [3.8, 4) is 0 Å². The second-order valence-corrected chi connectivity index (χ2v) is 6.62. The number of hydrogen-bond donors (Lipinski definition) is 2. The number of benzene rings is 1. The molecule has 0 spiro atoms. The Hall–Kier alpha value is -0.860. The Kier molecular flexibility index (Phi) is 4.94. The summed E-state index contributed by atoms with van der Waals surface area (Å²) in [5.74, 6) is 0. The lowest BCUT2D eigenvalue weighted by Crippen LogP contribution is -2.39. The van der Waals surface area contributed by atoms with Gasteiger partial charge >= 0.3 is 0 Å². The molecule has 0 saturated carbocycles. The molecule has 0 radical (unpaired) electrons. The van der Waals surface area contributed by atoms with E-state index in [9.17, 15) is 5.11 Å². The molecular weight excluding hydrogens is 222 g/mol. The van der Waals surface area contributed by atoms with Gasteiger partial charge in [0, 0.05) is 30.5 Å². The van der Waals surface area contributed by atoms with Crippen molar-refractivity contribution in [2.75, 3.05) is 19.7 Å². The molecule has 0 saturated heterocycles. The maximum Gasteiger partial charge on any atom is 0.0494 e. The van der Waals surface area contributed by atoms with Crippen LogP contribution < -0.4 is 5.32 Å². The highest BCUT2D eigenvalue weighted by molar-refractivity contribution is 5.32. The SMILES string of the molecule is Cc1ccccc1C(C)(C)CNCC(C)(C)CO. The Balaban J connectivity index is 2.63. The third-order valence-corrected chi connectivity index (χ3v) is 3.47. The molecule has 0 heterocycles. The van der Waals surface area contributed by atoms with Gasteiger partial charge in [0.25, 0.3) is 0 Å². The molecule has 18 heavy (non-hydrogen) atoms. The Bertz CT molecular complexity index is 382. The molecule has 102 valence electrons. The number of hydrogen-bond acceptors (Lipinski definition) is 2. The lowest BCUT2D eigenvalue weighted by molar-refractivity contribution is 0.155. The predicted molar refractivity (Wildman–Crippen MR) is 77.9 cm³/mol. The van der Waals surface area contributed by atoms with E-state index in [1.807, 2.05) is 0 Å². The van der Waals surface area contributed by atoms with Crippen molar-refractivity contribution in [3.63, 3.8) is 0 Å². The smallest absolute Gasteiger partial charge is 0.0494 e. The molecule has 0 aliphatic rings. The van der Waals surface area contributed by atoms with Crippen LogP contribution in [-0.4, -0.2) is 24.8 Å². The van der Waals surface area contributed by atoms with Gasteiger partial charge in [0.1, 0.15) is 0 Å². The molecule has 1 aromatic carbocycles. The van der Waals surface area contributed by atoms with Gasteiger partial charge < -0.3 is 10.4 Å².